The van der Waals surface area contributed by atoms with E-state index in [0.717, 1.165) is 0 Å². The van der Waals surface area contributed by atoms with Crippen LogP contribution in [-0.4, -0.2) is 110 Å². The molecule has 160 valence electrons. The van der Waals surface area contributed by atoms with E-state index in [9.17, 15) is 0 Å². The molecule has 0 aromatic carbocycles. The van der Waals surface area contributed by atoms with Gasteiger partial charge in [-0.25, -0.2) is 0 Å². The molecule has 20 heavy (non-hydrogen) atoms. The van der Waals surface area contributed by atoms with Gasteiger partial charge in [0, 0.05) is 0 Å². The van der Waals surface area contributed by atoms with Gasteiger partial charge in [0.2, 0.25) is 0 Å². The van der Waals surface area contributed by atoms with Gasteiger partial charge in [0.25, 0.3) is 0 Å². The minimum absolute atomic E-state index is 0. The maximum absolute atomic E-state index is 0. The van der Waals surface area contributed by atoms with Crippen LogP contribution in [0.15, 0.2) is 0 Å². The van der Waals surface area contributed by atoms with E-state index in [1.165, 1.54) is 0 Å². The third-order valence-electron chi connectivity index (χ3n) is 0. The summed E-state index contributed by atoms with van der Waals surface area (Å²) in [5, 5.41) is 0. The molecule has 40 N–H and O–H groups in total. The van der Waals surface area contributed by atoms with Crippen LogP contribution in [0.25, 0.3) is 0 Å². The van der Waals surface area contributed by atoms with Gasteiger partial charge in [-0.05, 0) is 0 Å². The molecule has 20 nitrogen and oxygen atoms in total. The lowest BCUT2D eigenvalue weighted by Gasteiger charge is -0.413. The van der Waals surface area contributed by atoms with Crippen molar-refractivity contribution in [3.05, 3.63) is 0 Å². The first-order valence-electron chi connectivity index (χ1n) is 0. The summed E-state index contributed by atoms with van der Waals surface area (Å²) in [7, 11) is 0. The Morgan fingerprint density at radius 1 is 0.0500 bits per heavy atom. The molecule has 0 aliphatic rings. The lowest BCUT2D eigenvalue weighted by molar-refractivity contribution is 0.823. The van der Waals surface area contributed by atoms with Crippen molar-refractivity contribution in [2.45, 2.75) is 0 Å². The van der Waals surface area contributed by atoms with Crippen molar-refractivity contribution in [1.29, 1.82) is 0 Å². The maximum Gasteiger partial charge on any atom is -0.412 e. The molecule has 20 heteroatoms. The van der Waals surface area contributed by atoms with E-state index in [2.05, 4.69) is 0 Å². The van der Waals surface area contributed by atoms with Gasteiger partial charge >= 0.3 is 0 Å². The first-order valence-corrected chi connectivity index (χ1v) is 0. The zero-order valence-electron chi connectivity index (χ0n) is 10.0. The largest absolute Gasteiger partial charge is 0.412 e. The maximum atomic E-state index is 0. The molecule has 0 rings (SSSR count). The van der Waals surface area contributed by atoms with Crippen LogP contribution in [0.3, 0.4) is 0 Å². The smallest absolute Gasteiger partial charge is 0.412 e. The molecule has 0 bridgehead atoms. The zero-order chi connectivity index (χ0) is 0. The Bertz CT molecular complexity index is 0. The van der Waals surface area contributed by atoms with Crippen LogP contribution in [0.5, 0.6) is 0 Å². The van der Waals surface area contributed by atoms with Crippen molar-refractivity contribution in [3.63, 3.8) is 0 Å². The minimum Gasteiger partial charge on any atom is -0.412 e. The Morgan fingerprint density at radius 2 is 0.0500 bits per heavy atom. The summed E-state index contributed by atoms with van der Waals surface area (Å²) in [6.07, 6.45) is 0. The second-order valence-electron chi connectivity index (χ2n) is 0. The quantitative estimate of drug-likeness (QED) is 0.388. The Morgan fingerprint density at radius 3 is 0.0500 bits per heavy atom. The van der Waals surface area contributed by atoms with Gasteiger partial charge in [-0.15, -0.1) is 0 Å². The molecule has 0 aromatic rings. The summed E-state index contributed by atoms with van der Waals surface area (Å²) in [6, 6.07) is 0. The fourth-order valence-electron chi connectivity index (χ4n) is 0. The molecule has 0 aliphatic heterocycles. The van der Waals surface area contributed by atoms with Crippen molar-refractivity contribution in [3.8, 4) is 0 Å². The fraction of sp³-hybridized carbons (Fsp3) is 0. The molecule has 0 radical (unpaired) electrons. The zero-order valence-corrected chi connectivity index (χ0v) is 10.0. The molecule has 0 saturated heterocycles. The lowest BCUT2D eigenvalue weighted by atomic mass is 16.0. The predicted molar refractivity (Wildman–Crippen MR) is 72.3 cm³/mol. The van der Waals surface area contributed by atoms with Gasteiger partial charge in [0.15, 0.2) is 0 Å². The molecule has 0 saturated carbocycles. The predicted octanol–water partition coefficient (Wildman–Crippen LogP) is -16.5. The first kappa shape index (κ1) is 9940. The van der Waals surface area contributed by atoms with E-state index in [0.29, 0.717) is 0 Å². The summed E-state index contributed by atoms with van der Waals surface area (Å²) < 4.78 is 0. The Hall–Kier alpha value is -0.800. The van der Waals surface area contributed by atoms with Gasteiger partial charge in [0.05, 0.1) is 0 Å². The van der Waals surface area contributed by atoms with Crippen molar-refractivity contribution in [2.75, 3.05) is 0 Å². The van der Waals surface area contributed by atoms with Crippen molar-refractivity contribution >= 4 is 0 Å². The van der Waals surface area contributed by atoms with Crippen LogP contribution in [0.4, 0.5) is 0 Å². The average Bonchev–Trinajstić information content (AvgIpc) is 0. The van der Waals surface area contributed by atoms with Crippen LogP contribution in [0.2, 0.25) is 0 Å². The molecule has 0 spiro atoms. The van der Waals surface area contributed by atoms with Gasteiger partial charge in [-0.2, -0.15) is 0 Å². The second-order valence-corrected chi connectivity index (χ2v) is 0. The molecule has 0 amide bonds. The van der Waals surface area contributed by atoms with Gasteiger partial charge in [0.1, 0.15) is 0 Å². The highest BCUT2D eigenvalue weighted by Crippen LogP contribution is -0.270. The molecule has 0 fully saturated rings. The van der Waals surface area contributed by atoms with Gasteiger partial charge in [-0.3, -0.25) is 0 Å². The third-order valence-corrected chi connectivity index (χ3v) is 0. The van der Waals surface area contributed by atoms with Crippen LogP contribution >= 0.6 is 0 Å². The Kier molecular flexibility index (Phi) is 4180000. The van der Waals surface area contributed by atoms with Crippen LogP contribution in [-0.2, 0) is 0 Å². The molecular formula is H40O20. The highest BCUT2D eigenvalue weighted by molar-refractivity contribution is 0.843. The molecule has 0 aliphatic carbocycles. The van der Waals surface area contributed by atoms with Crippen molar-refractivity contribution < 1.29 is 110 Å². The van der Waals surface area contributed by atoms with Crippen LogP contribution < -0.4 is 0 Å². The molecule has 0 atom stereocenters. The Balaban J connectivity index is 0. The normalized spacial score (nSPS) is 0. The minimum atomic E-state index is 0. The fourth-order valence-corrected chi connectivity index (χ4v) is 0. The van der Waals surface area contributed by atoms with Crippen molar-refractivity contribution in [1.82, 2.24) is 0 Å². The first-order chi connectivity index (χ1) is 0. The van der Waals surface area contributed by atoms with E-state index in [1.807, 2.05) is 0 Å². The van der Waals surface area contributed by atoms with Crippen LogP contribution in [0, 0.1) is 0 Å². The summed E-state index contributed by atoms with van der Waals surface area (Å²) in [5.41, 5.74) is 0. The van der Waals surface area contributed by atoms with E-state index in [1.54, 1.807) is 0 Å². The topological polar surface area (TPSA) is 630 Å². The number of hydrogen-bond acceptors (Lipinski definition) is 0. The second kappa shape index (κ2) is 8410. The standard InChI is InChI=1S/20H2O/h20*1H2. The van der Waals surface area contributed by atoms with E-state index in [4.69, 9.17) is 0 Å². The van der Waals surface area contributed by atoms with Gasteiger partial charge in [-0.1, -0.05) is 0 Å². The Labute approximate surface area is 111 Å². The summed E-state index contributed by atoms with van der Waals surface area (Å²) in [5.74, 6) is 0. The van der Waals surface area contributed by atoms with E-state index in [-0.39, 0.29) is 110 Å². The molecule has 0 aromatic heterocycles. The number of rotatable bonds is 0. The summed E-state index contributed by atoms with van der Waals surface area (Å²) in [4.78, 5) is 0. The highest BCUT2D eigenvalue weighted by Gasteiger charge is -0.393. The summed E-state index contributed by atoms with van der Waals surface area (Å²) >= 11 is 0. The van der Waals surface area contributed by atoms with Gasteiger partial charge < -0.3 is 110 Å². The molecule has 0 heterocycles. The van der Waals surface area contributed by atoms with Crippen LogP contribution in [0.1, 0.15) is 0 Å². The molecular weight excluding hydrogens is 320 g/mol. The average molecular weight is 360 g/mol. The SMILES string of the molecule is O.O.O.O.O.O.O.O.O.O.O.O.O.O.O.O.O.O.O.O. The van der Waals surface area contributed by atoms with Crippen molar-refractivity contribution in [2.24, 2.45) is 0 Å². The highest BCUT2D eigenvalue weighted by atomic mass is 16.0. The lowest BCUT2D eigenvalue weighted by Crippen LogP contribution is -0.290. The summed E-state index contributed by atoms with van der Waals surface area (Å²) in [6.45, 7) is 0. The van der Waals surface area contributed by atoms with E-state index < -0.39 is 0 Å². The number of hydrogen-bond donors (Lipinski definition) is 0. The third kappa shape index (κ3) is 7050. The molecule has 0 unspecified atom stereocenters. The monoisotopic (exact) mass is 360 g/mol. The van der Waals surface area contributed by atoms with E-state index >= 15 is 0 Å².